The molecule has 0 radical (unpaired) electrons. The summed E-state index contributed by atoms with van der Waals surface area (Å²) >= 11 is 0. The first-order valence-electron chi connectivity index (χ1n) is 6.88. The molecule has 0 aliphatic carbocycles. The quantitative estimate of drug-likeness (QED) is 0.783. The van der Waals surface area contributed by atoms with Crippen LogP contribution in [0.25, 0.3) is 0 Å². The summed E-state index contributed by atoms with van der Waals surface area (Å²) in [5.74, 6) is 2.17. The lowest BCUT2D eigenvalue weighted by Gasteiger charge is -2.15. The van der Waals surface area contributed by atoms with E-state index in [0.29, 0.717) is 11.9 Å². The van der Waals surface area contributed by atoms with Crippen molar-refractivity contribution in [2.45, 2.75) is 59.4 Å². The van der Waals surface area contributed by atoms with Gasteiger partial charge in [0.1, 0.15) is 11.6 Å². The molecule has 1 aromatic rings. The van der Waals surface area contributed by atoms with Crippen molar-refractivity contribution in [2.75, 3.05) is 5.32 Å². The van der Waals surface area contributed by atoms with Crippen molar-refractivity contribution in [1.29, 1.82) is 0 Å². The Kier molecular flexibility index (Phi) is 5.89. The average molecular weight is 251 g/mol. The summed E-state index contributed by atoms with van der Waals surface area (Å²) in [7, 11) is 0. The molecular formula is C14H25N3O. The number of aryl methyl sites for hydroxylation is 1. The molecule has 0 spiro atoms. The minimum absolute atomic E-state index is 0.0845. The number of hydrogen-bond acceptors (Lipinski definition) is 3. The number of nitrogens with one attached hydrogen (secondary N) is 2. The zero-order valence-electron chi connectivity index (χ0n) is 11.9. The topological polar surface area (TPSA) is 57.8 Å². The van der Waals surface area contributed by atoms with E-state index < -0.39 is 0 Å². The summed E-state index contributed by atoms with van der Waals surface area (Å²) in [6.45, 7) is 8.59. The van der Waals surface area contributed by atoms with Gasteiger partial charge in [-0.1, -0.05) is 33.6 Å². The summed E-state index contributed by atoms with van der Waals surface area (Å²) < 4.78 is 0. The number of aromatic amines is 1. The van der Waals surface area contributed by atoms with Crippen LogP contribution >= 0.6 is 0 Å². The van der Waals surface area contributed by atoms with Crippen LogP contribution in [-0.4, -0.2) is 16.0 Å². The molecule has 1 atom stereocenters. The molecule has 4 nitrogen and oxygen atoms in total. The maximum atomic E-state index is 11.4. The van der Waals surface area contributed by atoms with Crippen LogP contribution in [-0.2, 0) is 6.42 Å². The van der Waals surface area contributed by atoms with Gasteiger partial charge in [0.25, 0.3) is 5.56 Å². The molecule has 0 aromatic carbocycles. The van der Waals surface area contributed by atoms with Crippen molar-refractivity contribution in [3.63, 3.8) is 0 Å². The normalized spacial score (nSPS) is 12.7. The molecule has 1 aromatic heterocycles. The lowest BCUT2D eigenvalue weighted by atomic mass is 10.0. The Morgan fingerprint density at radius 2 is 2.06 bits per heavy atom. The maximum absolute atomic E-state index is 11.4. The molecule has 0 aliphatic rings. The van der Waals surface area contributed by atoms with Crippen molar-refractivity contribution in [3.8, 4) is 0 Å². The Hall–Kier alpha value is -1.32. The number of H-pyrrole nitrogens is 1. The zero-order chi connectivity index (χ0) is 13.5. The van der Waals surface area contributed by atoms with E-state index in [-0.39, 0.29) is 5.56 Å². The molecule has 0 saturated carbocycles. The van der Waals surface area contributed by atoms with Gasteiger partial charge in [-0.05, 0) is 19.3 Å². The van der Waals surface area contributed by atoms with E-state index >= 15 is 0 Å². The van der Waals surface area contributed by atoms with Gasteiger partial charge in [-0.2, -0.15) is 0 Å². The minimum Gasteiger partial charge on any atom is -0.367 e. The predicted octanol–water partition coefficient (Wildman–Crippen LogP) is 2.96. The molecule has 18 heavy (non-hydrogen) atoms. The van der Waals surface area contributed by atoms with Gasteiger partial charge in [0.05, 0.1) is 0 Å². The van der Waals surface area contributed by atoms with Gasteiger partial charge in [0.15, 0.2) is 0 Å². The van der Waals surface area contributed by atoms with E-state index in [1.165, 1.54) is 18.9 Å². The Morgan fingerprint density at radius 3 is 2.67 bits per heavy atom. The first-order valence-corrected chi connectivity index (χ1v) is 6.88. The second kappa shape index (κ2) is 7.19. The Balaban J connectivity index is 2.50. The second-order valence-corrected chi connectivity index (χ2v) is 5.30. The fourth-order valence-electron chi connectivity index (χ4n) is 1.91. The van der Waals surface area contributed by atoms with Crippen LogP contribution < -0.4 is 10.9 Å². The van der Waals surface area contributed by atoms with Crippen molar-refractivity contribution >= 4 is 5.82 Å². The molecule has 4 heteroatoms. The Bertz CT molecular complexity index is 412. The summed E-state index contributed by atoms with van der Waals surface area (Å²) in [4.78, 5) is 18.5. The van der Waals surface area contributed by atoms with E-state index in [0.717, 1.165) is 24.6 Å². The monoisotopic (exact) mass is 251 g/mol. The van der Waals surface area contributed by atoms with Gasteiger partial charge in [0, 0.05) is 18.5 Å². The van der Waals surface area contributed by atoms with Gasteiger partial charge in [0.2, 0.25) is 0 Å². The van der Waals surface area contributed by atoms with Crippen molar-refractivity contribution in [1.82, 2.24) is 9.97 Å². The van der Waals surface area contributed by atoms with Crippen LogP contribution in [0.15, 0.2) is 10.9 Å². The number of rotatable bonds is 7. The van der Waals surface area contributed by atoms with Gasteiger partial charge in [-0.15, -0.1) is 0 Å². The fourth-order valence-corrected chi connectivity index (χ4v) is 1.91. The van der Waals surface area contributed by atoms with Crippen LogP contribution in [0.4, 0.5) is 5.82 Å². The highest BCUT2D eigenvalue weighted by Crippen LogP contribution is 2.11. The van der Waals surface area contributed by atoms with Crippen molar-refractivity contribution in [3.05, 3.63) is 22.2 Å². The van der Waals surface area contributed by atoms with Crippen molar-refractivity contribution < 1.29 is 0 Å². The highest BCUT2D eigenvalue weighted by atomic mass is 16.1. The van der Waals surface area contributed by atoms with E-state index in [9.17, 15) is 4.79 Å². The third-order valence-electron chi connectivity index (χ3n) is 2.94. The molecule has 0 aliphatic heterocycles. The highest BCUT2D eigenvalue weighted by molar-refractivity contribution is 5.33. The molecule has 1 heterocycles. The summed E-state index contributed by atoms with van der Waals surface area (Å²) in [6, 6.07) is 1.88. The highest BCUT2D eigenvalue weighted by Gasteiger charge is 2.05. The molecule has 1 rings (SSSR count). The number of anilines is 1. The molecule has 2 N–H and O–H groups in total. The van der Waals surface area contributed by atoms with Crippen LogP contribution in [0.1, 0.15) is 52.8 Å². The second-order valence-electron chi connectivity index (χ2n) is 5.30. The van der Waals surface area contributed by atoms with Crippen LogP contribution in [0.2, 0.25) is 0 Å². The third-order valence-corrected chi connectivity index (χ3v) is 2.94. The van der Waals surface area contributed by atoms with E-state index in [4.69, 9.17) is 0 Å². The summed E-state index contributed by atoms with van der Waals surface area (Å²) in [5.41, 5.74) is -0.0845. The number of aromatic nitrogens is 2. The van der Waals surface area contributed by atoms with Gasteiger partial charge in [-0.25, -0.2) is 4.98 Å². The van der Waals surface area contributed by atoms with Gasteiger partial charge < -0.3 is 10.3 Å². The number of hydrogen-bond donors (Lipinski definition) is 2. The minimum atomic E-state index is -0.0845. The van der Waals surface area contributed by atoms with Crippen LogP contribution in [0.3, 0.4) is 0 Å². The smallest absolute Gasteiger partial charge is 0.252 e. The lowest BCUT2D eigenvalue weighted by molar-refractivity contribution is 0.520. The third kappa shape index (κ3) is 5.34. The van der Waals surface area contributed by atoms with E-state index in [1.54, 1.807) is 0 Å². The first kappa shape index (κ1) is 14.7. The fraction of sp³-hybridized carbons (Fsp3) is 0.714. The molecule has 0 fully saturated rings. The largest absolute Gasteiger partial charge is 0.367 e. The van der Waals surface area contributed by atoms with Crippen molar-refractivity contribution in [2.24, 2.45) is 5.92 Å². The molecule has 0 amide bonds. The number of nitrogens with zero attached hydrogens (tertiary/aromatic N) is 1. The molecule has 102 valence electrons. The molecule has 1 unspecified atom stereocenters. The maximum Gasteiger partial charge on any atom is 0.252 e. The summed E-state index contributed by atoms with van der Waals surface area (Å²) in [5, 5.41) is 3.30. The summed E-state index contributed by atoms with van der Waals surface area (Å²) in [6.07, 6.45) is 4.30. The van der Waals surface area contributed by atoms with E-state index in [2.05, 4.69) is 36.1 Å². The Labute approximate surface area is 109 Å². The van der Waals surface area contributed by atoms with Gasteiger partial charge >= 0.3 is 0 Å². The first-order chi connectivity index (χ1) is 8.51. The van der Waals surface area contributed by atoms with E-state index in [1.807, 2.05) is 6.92 Å². The van der Waals surface area contributed by atoms with Crippen LogP contribution in [0, 0.1) is 5.92 Å². The predicted molar refractivity (Wildman–Crippen MR) is 76.0 cm³/mol. The molecule has 0 saturated heterocycles. The van der Waals surface area contributed by atoms with Gasteiger partial charge in [-0.3, -0.25) is 4.79 Å². The SMILES string of the molecule is CCc1nc(NC(C)CCCC(C)C)cc(=O)[nH]1. The Morgan fingerprint density at radius 1 is 1.33 bits per heavy atom. The molecular weight excluding hydrogens is 226 g/mol. The zero-order valence-corrected chi connectivity index (χ0v) is 11.9. The average Bonchev–Trinajstić information content (AvgIpc) is 2.27. The molecule has 0 bridgehead atoms. The lowest BCUT2D eigenvalue weighted by Crippen LogP contribution is -2.19. The standard InChI is InChI=1S/C14H25N3O/c1-5-12-16-13(9-14(18)17-12)15-11(4)8-6-7-10(2)3/h9-11H,5-8H2,1-4H3,(H2,15,16,17,18). The van der Waals surface area contributed by atoms with Crippen LogP contribution in [0.5, 0.6) is 0 Å².